The number of hydrogen-bond donors (Lipinski definition) is 1. The topological polar surface area (TPSA) is 41.6 Å². The van der Waals surface area contributed by atoms with Crippen LogP contribution in [0.5, 0.6) is 0 Å². The standard InChI is InChI=1S/C18H22N2O2S/c21-18(19-8-4-9-20-10-12-22-13-11-20)17-16(7-14-23-17)15-5-2-1-3-6-15/h1-3,5-7,14H,4,8-13H2,(H,19,21). The monoisotopic (exact) mass is 330 g/mol. The van der Waals surface area contributed by atoms with Gasteiger partial charge in [0.2, 0.25) is 0 Å². The minimum atomic E-state index is 0.0285. The van der Waals surface area contributed by atoms with Crippen LogP contribution in [0.25, 0.3) is 11.1 Å². The van der Waals surface area contributed by atoms with Crippen molar-refractivity contribution >= 4 is 17.2 Å². The number of carbonyl (C=O) groups excluding carboxylic acids is 1. The lowest BCUT2D eigenvalue weighted by Crippen LogP contribution is -2.38. The van der Waals surface area contributed by atoms with Crippen molar-refractivity contribution in [3.63, 3.8) is 0 Å². The molecule has 2 aromatic rings. The molecule has 0 atom stereocenters. The fourth-order valence-electron chi connectivity index (χ4n) is 2.74. The van der Waals surface area contributed by atoms with E-state index in [0.29, 0.717) is 6.54 Å². The third-order valence-electron chi connectivity index (χ3n) is 4.00. The molecule has 1 aliphatic heterocycles. The Kier molecular flexibility index (Phi) is 5.80. The Balaban J connectivity index is 1.50. The first-order valence-electron chi connectivity index (χ1n) is 8.06. The summed E-state index contributed by atoms with van der Waals surface area (Å²) in [5.74, 6) is 0.0285. The van der Waals surface area contributed by atoms with Crippen LogP contribution in [0.2, 0.25) is 0 Å². The third kappa shape index (κ3) is 4.41. The van der Waals surface area contributed by atoms with E-state index < -0.39 is 0 Å². The van der Waals surface area contributed by atoms with Crippen LogP contribution in [0.15, 0.2) is 41.8 Å². The average molecular weight is 330 g/mol. The van der Waals surface area contributed by atoms with Crippen molar-refractivity contribution in [1.82, 2.24) is 10.2 Å². The second-order valence-electron chi connectivity index (χ2n) is 5.59. The molecule has 23 heavy (non-hydrogen) atoms. The lowest BCUT2D eigenvalue weighted by molar-refractivity contribution is 0.0374. The molecule has 0 aliphatic carbocycles. The summed E-state index contributed by atoms with van der Waals surface area (Å²) in [6.45, 7) is 5.36. The Bertz CT molecular complexity index is 621. The molecule has 0 spiro atoms. The van der Waals surface area contributed by atoms with Gasteiger partial charge >= 0.3 is 0 Å². The number of carbonyl (C=O) groups is 1. The highest BCUT2D eigenvalue weighted by Gasteiger charge is 2.14. The van der Waals surface area contributed by atoms with Crippen LogP contribution in [0.3, 0.4) is 0 Å². The average Bonchev–Trinajstić information content (AvgIpc) is 3.10. The van der Waals surface area contributed by atoms with E-state index in [4.69, 9.17) is 4.74 Å². The molecular formula is C18H22N2O2S. The summed E-state index contributed by atoms with van der Waals surface area (Å²) in [7, 11) is 0. The van der Waals surface area contributed by atoms with Crippen LogP contribution in [0.4, 0.5) is 0 Å². The van der Waals surface area contributed by atoms with Crippen molar-refractivity contribution in [2.75, 3.05) is 39.4 Å². The largest absolute Gasteiger partial charge is 0.379 e. The van der Waals surface area contributed by atoms with Gasteiger partial charge in [-0.15, -0.1) is 11.3 Å². The molecule has 1 aromatic carbocycles. The number of morpholine rings is 1. The Hall–Kier alpha value is -1.69. The molecular weight excluding hydrogens is 308 g/mol. The van der Waals surface area contributed by atoms with E-state index in [-0.39, 0.29) is 5.91 Å². The number of nitrogens with zero attached hydrogens (tertiary/aromatic N) is 1. The molecule has 122 valence electrons. The highest BCUT2D eigenvalue weighted by Crippen LogP contribution is 2.27. The van der Waals surface area contributed by atoms with E-state index in [1.165, 1.54) is 11.3 Å². The van der Waals surface area contributed by atoms with Crippen LogP contribution in [0, 0.1) is 0 Å². The SMILES string of the molecule is O=C(NCCCN1CCOCC1)c1sccc1-c1ccccc1. The zero-order valence-electron chi connectivity index (χ0n) is 13.2. The molecule has 5 heteroatoms. The number of nitrogens with one attached hydrogen (secondary N) is 1. The molecule has 0 unspecified atom stereocenters. The molecule has 0 saturated carbocycles. The summed E-state index contributed by atoms with van der Waals surface area (Å²) in [6.07, 6.45) is 0.970. The number of thiophene rings is 1. The second kappa shape index (κ2) is 8.24. The van der Waals surface area contributed by atoms with Gasteiger partial charge in [-0.1, -0.05) is 30.3 Å². The molecule has 1 aliphatic rings. The van der Waals surface area contributed by atoms with Crippen LogP contribution in [0.1, 0.15) is 16.1 Å². The number of hydrogen-bond acceptors (Lipinski definition) is 4. The molecule has 0 bridgehead atoms. The zero-order valence-corrected chi connectivity index (χ0v) is 14.0. The van der Waals surface area contributed by atoms with Gasteiger partial charge in [-0.3, -0.25) is 9.69 Å². The molecule has 1 amide bonds. The van der Waals surface area contributed by atoms with E-state index in [0.717, 1.165) is 55.3 Å². The molecule has 2 heterocycles. The predicted molar refractivity (Wildman–Crippen MR) is 94.0 cm³/mol. The van der Waals surface area contributed by atoms with E-state index in [1.807, 2.05) is 41.8 Å². The molecule has 4 nitrogen and oxygen atoms in total. The lowest BCUT2D eigenvalue weighted by atomic mass is 10.1. The number of ether oxygens (including phenoxy) is 1. The van der Waals surface area contributed by atoms with E-state index in [1.54, 1.807) is 0 Å². The Morgan fingerprint density at radius 2 is 1.96 bits per heavy atom. The highest BCUT2D eigenvalue weighted by atomic mass is 32.1. The first-order chi connectivity index (χ1) is 11.3. The van der Waals surface area contributed by atoms with Crippen molar-refractivity contribution < 1.29 is 9.53 Å². The summed E-state index contributed by atoms with van der Waals surface area (Å²) < 4.78 is 5.34. The fraction of sp³-hybridized carbons (Fsp3) is 0.389. The molecule has 1 aromatic heterocycles. The quantitative estimate of drug-likeness (QED) is 0.828. The fourth-order valence-corrected chi connectivity index (χ4v) is 3.57. The van der Waals surface area contributed by atoms with E-state index in [2.05, 4.69) is 10.2 Å². The van der Waals surface area contributed by atoms with Gasteiger partial charge in [-0.2, -0.15) is 0 Å². The van der Waals surface area contributed by atoms with Gasteiger partial charge < -0.3 is 10.1 Å². The van der Waals surface area contributed by atoms with Crippen LogP contribution >= 0.6 is 11.3 Å². The van der Waals surface area contributed by atoms with Gasteiger partial charge in [0, 0.05) is 25.2 Å². The van der Waals surface area contributed by atoms with Crippen LogP contribution < -0.4 is 5.32 Å². The third-order valence-corrected chi connectivity index (χ3v) is 4.91. The van der Waals surface area contributed by atoms with Crippen molar-refractivity contribution in [3.05, 3.63) is 46.7 Å². The molecule has 1 fully saturated rings. The number of rotatable bonds is 6. The summed E-state index contributed by atoms with van der Waals surface area (Å²) in [5.41, 5.74) is 2.11. The molecule has 0 radical (unpaired) electrons. The Morgan fingerprint density at radius 3 is 2.74 bits per heavy atom. The first-order valence-corrected chi connectivity index (χ1v) is 8.94. The van der Waals surface area contributed by atoms with E-state index >= 15 is 0 Å². The smallest absolute Gasteiger partial charge is 0.261 e. The molecule has 1 saturated heterocycles. The molecule has 3 rings (SSSR count). The normalized spacial score (nSPS) is 15.5. The summed E-state index contributed by atoms with van der Waals surface area (Å²) in [4.78, 5) is 15.6. The number of benzene rings is 1. The summed E-state index contributed by atoms with van der Waals surface area (Å²) in [6, 6.07) is 12.1. The minimum absolute atomic E-state index is 0.0285. The summed E-state index contributed by atoms with van der Waals surface area (Å²) in [5, 5.41) is 5.03. The maximum Gasteiger partial charge on any atom is 0.261 e. The van der Waals surface area contributed by atoms with Gasteiger partial charge in [-0.05, 0) is 30.0 Å². The van der Waals surface area contributed by atoms with Gasteiger partial charge in [0.1, 0.15) is 0 Å². The highest BCUT2D eigenvalue weighted by molar-refractivity contribution is 7.12. The predicted octanol–water partition coefficient (Wildman–Crippen LogP) is 2.87. The van der Waals surface area contributed by atoms with Crippen molar-refractivity contribution in [2.24, 2.45) is 0 Å². The number of amides is 1. The van der Waals surface area contributed by atoms with Gasteiger partial charge in [0.15, 0.2) is 0 Å². The minimum Gasteiger partial charge on any atom is -0.379 e. The van der Waals surface area contributed by atoms with Crippen LogP contribution in [-0.4, -0.2) is 50.2 Å². The lowest BCUT2D eigenvalue weighted by Gasteiger charge is -2.26. The van der Waals surface area contributed by atoms with Gasteiger partial charge in [0.25, 0.3) is 5.91 Å². The van der Waals surface area contributed by atoms with E-state index in [9.17, 15) is 4.79 Å². The van der Waals surface area contributed by atoms with Gasteiger partial charge in [-0.25, -0.2) is 0 Å². The van der Waals surface area contributed by atoms with Crippen molar-refractivity contribution in [2.45, 2.75) is 6.42 Å². The maximum atomic E-state index is 12.4. The summed E-state index contributed by atoms with van der Waals surface area (Å²) >= 11 is 1.50. The Labute approximate surface area is 141 Å². The zero-order chi connectivity index (χ0) is 15.9. The Morgan fingerprint density at radius 1 is 1.17 bits per heavy atom. The first kappa shape index (κ1) is 16.2. The van der Waals surface area contributed by atoms with Crippen molar-refractivity contribution in [3.8, 4) is 11.1 Å². The van der Waals surface area contributed by atoms with Gasteiger partial charge in [0.05, 0.1) is 18.1 Å². The van der Waals surface area contributed by atoms with Crippen molar-refractivity contribution in [1.29, 1.82) is 0 Å². The maximum absolute atomic E-state index is 12.4. The van der Waals surface area contributed by atoms with Crippen LogP contribution in [-0.2, 0) is 4.74 Å². The second-order valence-corrected chi connectivity index (χ2v) is 6.51. The molecule has 1 N–H and O–H groups in total.